The van der Waals surface area contributed by atoms with E-state index >= 15 is 0 Å². The standard InChI is InChI=1S/C21H24N2O5S/c1-16-4-10-19(11-5-16)29(24,25)23(14-21(26-2)27-3)13-17-6-8-18(9-7-17)20-12-22-15-28-20/h4-12,15,21H,13-14H2,1-3H3. The lowest BCUT2D eigenvalue weighted by molar-refractivity contribution is -0.108. The van der Waals surface area contributed by atoms with Crippen molar-refractivity contribution in [2.75, 3.05) is 20.8 Å². The topological polar surface area (TPSA) is 81.9 Å². The molecule has 3 rings (SSSR count). The summed E-state index contributed by atoms with van der Waals surface area (Å²) in [5.74, 6) is 0.652. The predicted octanol–water partition coefficient (Wildman–Crippen LogP) is 3.46. The monoisotopic (exact) mass is 416 g/mol. The number of hydrogen-bond acceptors (Lipinski definition) is 6. The Morgan fingerprint density at radius 1 is 1.03 bits per heavy atom. The van der Waals surface area contributed by atoms with Gasteiger partial charge >= 0.3 is 0 Å². The van der Waals surface area contributed by atoms with Crippen LogP contribution in [0.2, 0.25) is 0 Å². The maximum atomic E-state index is 13.3. The van der Waals surface area contributed by atoms with E-state index in [1.165, 1.54) is 24.9 Å². The van der Waals surface area contributed by atoms with Gasteiger partial charge in [-0.25, -0.2) is 13.4 Å². The van der Waals surface area contributed by atoms with Crippen LogP contribution < -0.4 is 0 Å². The molecule has 7 nitrogen and oxygen atoms in total. The minimum atomic E-state index is -3.74. The molecule has 29 heavy (non-hydrogen) atoms. The van der Waals surface area contributed by atoms with Crippen LogP contribution in [0.5, 0.6) is 0 Å². The van der Waals surface area contributed by atoms with Crippen LogP contribution in [-0.2, 0) is 26.0 Å². The van der Waals surface area contributed by atoms with E-state index in [9.17, 15) is 8.42 Å². The highest BCUT2D eigenvalue weighted by atomic mass is 32.2. The zero-order valence-corrected chi connectivity index (χ0v) is 17.4. The molecule has 0 aliphatic rings. The van der Waals surface area contributed by atoms with Gasteiger partial charge < -0.3 is 13.9 Å². The molecule has 0 saturated heterocycles. The van der Waals surface area contributed by atoms with Gasteiger partial charge in [0.05, 0.1) is 17.6 Å². The van der Waals surface area contributed by atoms with Crippen LogP contribution in [0, 0.1) is 6.92 Å². The zero-order chi connectivity index (χ0) is 20.9. The quantitative estimate of drug-likeness (QED) is 0.497. The van der Waals surface area contributed by atoms with Crippen molar-refractivity contribution in [2.24, 2.45) is 0 Å². The molecule has 0 atom stereocenters. The first-order valence-electron chi connectivity index (χ1n) is 9.04. The summed E-state index contributed by atoms with van der Waals surface area (Å²) in [6.45, 7) is 2.15. The van der Waals surface area contributed by atoms with Crippen LogP contribution in [0.25, 0.3) is 11.3 Å². The van der Waals surface area contributed by atoms with Crippen molar-refractivity contribution >= 4 is 10.0 Å². The van der Waals surface area contributed by atoms with Crippen molar-refractivity contribution in [1.82, 2.24) is 9.29 Å². The van der Waals surface area contributed by atoms with Gasteiger partial charge in [0.15, 0.2) is 18.4 Å². The molecule has 0 bridgehead atoms. The van der Waals surface area contributed by atoms with Gasteiger partial charge in [-0.15, -0.1) is 0 Å². The van der Waals surface area contributed by atoms with E-state index in [4.69, 9.17) is 13.9 Å². The van der Waals surface area contributed by atoms with Gasteiger partial charge in [-0.2, -0.15) is 4.31 Å². The van der Waals surface area contributed by atoms with Crippen LogP contribution >= 0.6 is 0 Å². The largest absolute Gasteiger partial charge is 0.444 e. The van der Waals surface area contributed by atoms with E-state index in [0.29, 0.717) is 5.76 Å². The van der Waals surface area contributed by atoms with Gasteiger partial charge in [0.25, 0.3) is 0 Å². The summed E-state index contributed by atoms with van der Waals surface area (Å²) in [6, 6.07) is 14.3. The van der Waals surface area contributed by atoms with Crippen LogP contribution in [0.3, 0.4) is 0 Å². The fraction of sp³-hybridized carbons (Fsp3) is 0.286. The minimum Gasteiger partial charge on any atom is -0.444 e. The molecule has 0 unspecified atom stereocenters. The number of ether oxygens (including phenoxy) is 2. The highest BCUT2D eigenvalue weighted by molar-refractivity contribution is 7.89. The SMILES string of the molecule is COC(CN(Cc1ccc(-c2cnco2)cc1)S(=O)(=O)c1ccc(C)cc1)OC. The first-order valence-corrected chi connectivity index (χ1v) is 10.5. The van der Waals surface area contributed by atoms with E-state index in [-0.39, 0.29) is 18.0 Å². The van der Waals surface area contributed by atoms with Gasteiger partial charge in [-0.1, -0.05) is 42.0 Å². The number of nitrogens with zero attached hydrogens (tertiary/aromatic N) is 2. The van der Waals surface area contributed by atoms with Crippen LogP contribution in [0.1, 0.15) is 11.1 Å². The normalized spacial score (nSPS) is 12.0. The van der Waals surface area contributed by atoms with Crippen LogP contribution in [0.15, 0.2) is 70.4 Å². The summed E-state index contributed by atoms with van der Waals surface area (Å²) in [4.78, 5) is 4.14. The first kappa shape index (κ1) is 21.2. The Kier molecular flexibility index (Phi) is 6.81. The third-order valence-corrected chi connectivity index (χ3v) is 6.39. The number of sulfonamides is 1. The van der Waals surface area contributed by atoms with E-state index in [2.05, 4.69) is 4.98 Å². The summed E-state index contributed by atoms with van der Waals surface area (Å²) in [7, 11) is -0.773. The smallest absolute Gasteiger partial charge is 0.243 e. The molecule has 0 N–H and O–H groups in total. The zero-order valence-electron chi connectivity index (χ0n) is 16.6. The Morgan fingerprint density at radius 2 is 1.69 bits per heavy atom. The van der Waals surface area contributed by atoms with E-state index in [0.717, 1.165) is 16.7 Å². The number of oxazole rings is 1. The molecule has 1 heterocycles. The molecular weight excluding hydrogens is 392 g/mol. The molecule has 2 aromatic carbocycles. The van der Waals surface area contributed by atoms with Crippen molar-refractivity contribution in [1.29, 1.82) is 0 Å². The Morgan fingerprint density at radius 3 is 2.24 bits per heavy atom. The van der Waals surface area contributed by atoms with E-state index in [1.807, 2.05) is 31.2 Å². The third-order valence-electron chi connectivity index (χ3n) is 4.57. The first-order chi connectivity index (χ1) is 13.9. The van der Waals surface area contributed by atoms with Crippen molar-refractivity contribution < 1.29 is 22.3 Å². The summed E-state index contributed by atoms with van der Waals surface area (Å²) in [6.07, 6.45) is 2.32. The number of hydrogen-bond donors (Lipinski definition) is 0. The molecule has 1 aromatic heterocycles. The van der Waals surface area contributed by atoms with Crippen molar-refractivity contribution in [2.45, 2.75) is 24.7 Å². The van der Waals surface area contributed by atoms with E-state index in [1.54, 1.807) is 30.5 Å². The Labute approximate surface area is 170 Å². The number of rotatable bonds is 9. The average Bonchev–Trinajstić information content (AvgIpc) is 3.26. The van der Waals surface area contributed by atoms with Crippen molar-refractivity contribution in [3.05, 3.63) is 72.2 Å². The van der Waals surface area contributed by atoms with Gasteiger partial charge in [-0.05, 0) is 24.6 Å². The fourth-order valence-electron chi connectivity index (χ4n) is 2.85. The maximum absolute atomic E-state index is 13.3. The molecule has 0 aliphatic carbocycles. The van der Waals surface area contributed by atoms with E-state index < -0.39 is 16.3 Å². The molecule has 0 saturated carbocycles. The van der Waals surface area contributed by atoms with Crippen molar-refractivity contribution in [3.8, 4) is 11.3 Å². The Balaban J connectivity index is 1.88. The van der Waals surface area contributed by atoms with Crippen LogP contribution in [0.4, 0.5) is 0 Å². The second-order valence-electron chi connectivity index (χ2n) is 6.57. The second-order valence-corrected chi connectivity index (χ2v) is 8.51. The average molecular weight is 416 g/mol. The summed E-state index contributed by atoms with van der Waals surface area (Å²) >= 11 is 0. The van der Waals surface area contributed by atoms with Gasteiger partial charge in [0.2, 0.25) is 10.0 Å². The highest BCUT2D eigenvalue weighted by Gasteiger charge is 2.27. The molecule has 0 spiro atoms. The van der Waals surface area contributed by atoms with Gasteiger partial charge in [-0.3, -0.25) is 0 Å². The molecule has 8 heteroatoms. The number of methoxy groups -OCH3 is 2. The maximum Gasteiger partial charge on any atom is 0.243 e. The molecule has 0 amide bonds. The lowest BCUT2D eigenvalue weighted by Gasteiger charge is -2.26. The molecular formula is C21H24N2O5S. The lowest BCUT2D eigenvalue weighted by Crippen LogP contribution is -2.38. The number of aromatic nitrogens is 1. The third kappa shape index (κ3) is 5.10. The summed E-state index contributed by atoms with van der Waals surface area (Å²) < 4.78 is 43.7. The highest BCUT2D eigenvalue weighted by Crippen LogP contribution is 2.23. The molecule has 0 aliphatic heterocycles. The molecule has 0 radical (unpaired) electrons. The number of benzene rings is 2. The van der Waals surface area contributed by atoms with Gasteiger partial charge in [0.1, 0.15) is 0 Å². The predicted molar refractivity (Wildman–Crippen MR) is 109 cm³/mol. The Bertz CT molecular complexity index is 996. The number of aryl methyl sites for hydroxylation is 1. The lowest BCUT2D eigenvalue weighted by atomic mass is 10.1. The molecule has 0 fully saturated rings. The summed E-state index contributed by atoms with van der Waals surface area (Å²) in [5, 5.41) is 0. The Hall–Kier alpha value is -2.52. The van der Waals surface area contributed by atoms with Crippen molar-refractivity contribution in [3.63, 3.8) is 0 Å². The minimum absolute atomic E-state index is 0.0626. The summed E-state index contributed by atoms with van der Waals surface area (Å²) in [5.41, 5.74) is 2.69. The van der Waals surface area contributed by atoms with Crippen LogP contribution in [-0.4, -0.2) is 44.8 Å². The van der Waals surface area contributed by atoms with Gasteiger partial charge in [0, 0.05) is 26.3 Å². The fourth-order valence-corrected chi connectivity index (χ4v) is 4.27. The molecule has 154 valence electrons. The second kappa shape index (κ2) is 9.32. The molecule has 3 aromatic rings.